The first-order valence-corrected chi connectivity index (χ1v) is 21.8. The van der Waals surface area contributed by atoms with Crippen LogP contribution in [0.15, 0.2) is 60.9 Å². The quantitative estimate of drug-likeness (QED) is 0.156. The summed E-state index contributed by atoms with van der Waals surface area (Å²) in [4.78, 5) is 19.2. The molecular weight excluding hydrogens is 701 g/mol. The summed E-state index contributed by atoms with van der Waals surface area (Å²) in [6.07, 6.45) is 9.76. The number of aliphatic hydroxyl groups excluding tert-OH is 2. The molecule has 9 heterocycles. The van der Waals surface area contributed by atoms with Crippen molar-refractivity contribution < 1.29 is 19.7 Å². The molecule has 300 valence electrons. The Labute approximate surface area is 332 Å². The molecule has 0 saturated carbocycles. The Hall–Kier alpha value is -3.38. The molecule has 2 aromatic heterocycles. The number of aromatic nitrogens is 2. The van der Waals surface area contributed by atoms with Crippen molar-refractivity contribution in [3.63, 3.8) is 0 Å². The van der Waals surface area contributed by atoms with Crippen LogP contribution in [0.3, 0.4) is 0 Å². The van der Waals surface area contributed by atoms with Gasteiger partial charge in [0.25, 0.3) is 0 Å². The minimum Gasteiger partial charge on any atom is -0.492 e. The number of hydrogen-bond donors (Lipinski definition) is 2. The molecule has 0 aliphatic carbocycles. The SMILES string of the molecule is CC[C@@H]1CN2CC[C@@H]1C[C@@H]2C(O)c1ccnc2ccc(OCCN3CCN(CCOc4ccc5nccc(C(O)[C@H]6C[C@@H]7CCN6C[C@@H]7CC)c5c4)CC3)cc12. The molecule has 10 atom stereocenters. The van der Waals surface area contributed by atoms with Gasteiger partial charge in [0.15, 0.2) is 0 Å². The Morgan fingerprint density at radius 1 is 0.625 bits per heavy atom. The highest BCUT2D eigenvalue weighted by Gasteiger charge is 2.44. The van der Waals surface area contributed by atoms with Crippen molar-refractivity contribution in [2.45, 2.75) is 76.7 Å². The Morgan fingerprint density at radius 3 is 1.46 bits per heavy atom. The molecule has 11 rings (SSSR count). The molecule has 10 heteroatoms. The summed E-state index contributed by atoms with van der Waals surface area (Å²) in [6, 6.07) is 16.6. The number of benzene rings is 2. The molecule has 4 bridgehead atoms. The van der Waals surface area contributed by atoms with Gasteiger partial charge in [0, 0.05) is 87.6 Å². The third kappa shape index (κ3) is 7.77. The Bertz CT molecular complexity index is 1810. The van der Waals surface area contributed by atoms with Crippen LogP contribution in [-0.4, -0.2) is 131 Å². The predicted octanol–water partition coefficient (Wildman–Crippen LogP) is 6.17. The van der Waals surface area contributed by atoms with Crippen LogP contribution in [0.2, 0.25) is 0 Å². The molecule has 0 spiro atoms. The van der Waals surface area contributed by atoms with Crippen molar-refractivity contribution in [1.29, 1.82) is 0 Å². The van der Waals surface area contributed by atoms with Gasteiger partial charge in [-0.1, -0.05) is 26.7 Å². The number of pyridine rings is 2. The maximum Gasteiger partial charge on any atom is 0.120 e. The summed E-state index contributed by atoms with van der Waals surface area (Å²) >= 11 is 0. The van der Waals surface area contributed by atoms with Crippen molar-refractivity contribution in [3.8, 4) is 11.5 Å². The average molecular weight is 763 g/mol. The van der Waals surface area contributed by atoms with Crippen molar-refractivity contribution >= 4 is 21.8 Å². The molecule has 2 N–H and O–H groups in total. The van der Waals surface area contributed by atoms with E-state index in [1.165, 1.54) is 25.7 Å². The monoisotopic (exact) mass is 762 g/mol. The van der Waals surface area contributed by atoms with Crippen molar-refractivity contribution in [3.05, 3.63) is 72.1 Å². The lowest BCUT2D eigenvalue weighted by Gasteiger charge is -2.51. The number of piperidine rings is 6. The van der Waals surface area contributed by atoms with E-state index in [0.717, 1.165) is 146 Å². The van der Waals surface area contributed by atoms with Gasteiger partial charge in [0.1, 0.15) is 24.7 Å². The molecule has 0 amide bonds. The maximum atomic E-state index is 11.7. The van der Waals surface area contributed by atoms with E-state index >= 15 is 0 Å². The van der Waals surface area contributed by atoms with Gasteiger partial charge in [-0.3, -0.25) is 29.6 Å². The minimum atomic E-state index is -0.525. The van der Waals surface area contributed by atoms with Gasteiger partial charge in [-0.25, -0.2) is 0 Å². The molecule has 7 fully saturated rings. The zero-order valence-corrected chi connectivity index (χ0v) is 33.5. The molecule has 7 aliphatic rings. The molecule has 4 aromatic rings. The highest BCUT2D eigenvalue weighted by atomic mass is 16.5. The third-order valence-electron chi connectivity index (χ3n) is 14.6. The number of hydrogen-bond acceptors (Lipinski definition) is 10. The first-order chi connectivity index (χ1) is 27.4. The van der Waals surface area contributed by atoms with Crippen LogP contribution in [-0.2, 0) is 0 Å². The van der Waals surface area contributed by atoms with E-state index in [4.69, 9.17) is 9.47 Å². The largest absolute Gasteiger partial charge is 0.492 e. The van der Waals surface area contributed by atoms with Crippen LogP contribution in [0.25, 0.3) is 21.8 Å². The summed E-state index contributed by atoms with van der Waals surface area (Å²) < 4.78 is 12.6. The molecule has 56 heavy (non-hydrogen) atoms. The second-order valence-electron chi connectivity index (χ2n) is 17.5. The van der Waals surface area contributed by atoms with Crippen LogP contribution in [0.1, 0.15) is 75.7 Å². The third-order valence-corrected chi connectivity index (χ3v) is 14.6. The van der Waals surface area contributed by atoms with Gasteiger partial charge >= 0.3 is 0 Å². The van der Waals surface area contributed by atoms with Crippen molar-refractivity contribution in [2.24, 2.45) is 23.7 Å². The highest BCUT2D eigenvalue weighted by molar-refractivity contribution is 5.84. The number of rotatable bonds is 14. The fraction of sp³-hybridized carbons (Fsp3) is 0.609. The number of piperazine rings is 1. The van der Waals surface area contributed by atoms with Crippen molar-refractivity contribution in [1.82, 2.24) is 29.6 Å². The van der Waals surface area contributed by atoms with Gasteiger partial charge < -0.3 is 19.7 Å². The van der Waals surface area contributed by atoms with Crippen LogP contribution >= 0.6 is 0 Å². The predicted molar refractivity (Wildman–Crippen MR) is 221 cm³/mol. The second kappa shape index (κ2) is 16.8. The van der Waals surface area contributed by atoms with Gasteiger partial charge in [-0.05, 0) is 122 Å². The Balaban J connectivity index is 0.740. The van der Waals surface area contributed by atoms with Crippen LogP contribution < -0.4 is 9.47 Å². The van der Waals surface area contributed by atoms with Gasteiger partial charge in [-0.2, -0.15) is 0 Å². The van der Waals surface area contributed by atoms with Gasteiger partial charge in [0.2, 0.25) is 0 Å². The fourth-order valence-electron chi connectivity index (χ4n) is 11.2. The van der Waals surface area contributed by atoms with E-state index in [0.29, 0.717) is 13.2 Å². The fourth-order valence-corrected chi connectivity index (χ4v) is 11.2. The lowest BCUT2D eigenvalue weighted by atomic mass is 9.72. The Morgan fingerprint density at radius 2 is 1.07 bits per heavy atom. The summed E-state index contributed by atoms with van der Waals surface area (Å²) in [7, 11) is 0. The molecule has 10 nitrogen and oxygen atoms in total. The number of fused-ring (bicyclic) bond motifs is 8. The topological polar surface area (TPSA) is 97.7 Å². The maximum absolute atomic E-state index is 11.7. The van der Waals surface area contributed by atoms with E-state index in [9.17, 15) is 10.2 Å². The summed E-state index contributed by atoms with van der Waals surface area (Å²) in [5.41, 5.74) is 3.75. The molecule has 7 aliphatic heterocycles. The second-order valence-corrected chi connectivity index (χ2v) is 17.5. The highest BCUT2D eigenvalue weighted by Crippen LogP contribution is 2.44. The summed E-state index contributed by atoms with van der Waals surface area (Å²) in [5.74, 6) is 4.65. The number of nitrogens with zero attached hydrogens (tertiary/aromatic N) is 6. The van der Waals surface area contributed by atoms with E-state index in [1.807, 2.05) is 48.8 Å². The zero-order valence-electron chi connectivity index (χ0n) is 33.5. The average Bonchev–Trinajstić information content (AvgIpc) is 3.26. The standard InChI is InChI=1S/C46H62N6O4/c1-3-31-29-51-15-11-33(31)25-43(51)45(53)37-9-13-47-41-7-5-35(27-39(37)41)55-23-21-49-17-19-50(20-18-49)22-24-56-36-6-8-42-40(28-36)38(10-14-48-42)46(54)44-26-34-12-16-52(44)30-32(34)4-2/h5-10,13-14,27-28,31-34,43-46,53-54H,3-4,11-12,15-26,29-30H2,1-2H3/t31-,32+,33-,34+,43-,44-,45?,46?/m1/s1. The van der Waals surface area contributed by atoms with Gasteiger partial charge in [-0.15, -0.1) is 0 Å². The molecule has 4 unspecified atom stereocenters. The van der Waals surface area contributed by atoms with E-state index in [1.54, 1.807) is 0 Å². The number of aliphatic hydroxyl groups is 2. The first kappa shape index (κ1) is 38.2. The summed E-state index contributed by atoms with van der Waals surface area (Å²) in [5, 5.41) is 25.4. The minimum absolute atomic E-state index is 0.176. The number of ether oxygens (including phenoxy) is 2. The smallest absolute Gasteiger partial charge is 0.120 e. The van der Waals surface area contributed by atoms with E-state index < -0.39 is 12.2 Å². The van der Waals surface area contributed by atoms with Crippen LogP contribution in [0.4, 0.5) is 0 Å². The lowest BCUT2D eigenvalue weighted by molar-refractivity contribution is -0.0562. The molecule has 2 aromatic carbocycles. The van der Waals surface area contributed by atoms with E-state index in [-0.39, 0.29) is 12.1 Å². The van der Waals surface area contributed by atoms with E-state index in [2.05, 4.69) is 55.5 Å². The zero-order chi connectivity index (χ0) is 38.2. The molecule has 0 radical (unpaired) electrons. The van der Waals surface area contributed by atoms with Crippen molar-refractivity contribution in [2.75, 3.05) is 78.7 Å². The normalized spacial score (nSPS) is 30.5. The first-order valence-electron chi connectivity index (χ1n) is 21.8. The van der Waals surface area contributed by atoms with Gasteiger partial charge in [0.05, 0.1) is 23.2 Å². The Kier molecular flexibility index (Phi) is 11.5. The van der Waals surface area contributed by atoms with Crippen LogP contribution in [0.5, 0.6) is 11.5 Å². The molecular formula is C46H62N6O4. The lowest BCUT2D eigenvalue weighted by Crippen LogP contribution is -2.55. The molecule has 7 saturated heterocycles. The van der Waals surface area contributed by atoms with Crippen LogP contribution in [0, 0.1) is 23.7 Å². The summed E-state index contributed by atoms with van der Waals surface area (Å²) in [6.45, 7) is 16.0.